The first-order valence-corrected chi connectivity index (χ1v) is 18.6. The van der Waals surface area contributed by atoms with Gasteiger partial charge in [0.05, 0.1) is 36.3 Å². The summed E-state index contributed by atoms with van der Waals surface area (Å²) in [6.07, 6.45) is 3.63. The van der Waals surface area contributed by atoms with Crippen LogP contribution < -0.4 is 30.0 Å². The van der Waals surface area contributed by atoms with Crippen LogP contribution in [0.2, 0.25) is 0 Å². The fraction of sp³-hybridized carbons (Fsp3) is 0.415. The number of carbonyl (C=O) groups is 4. The zero-order chi connectivity index (χ0) is 40.1. The van der Waals surface area contributed by atoms with Crippen molar-refractivity contribution in [3.8, 4) is 28.4 Å². The Morgan fingerprint density at radius 2 is 1.55 bits per heavy atom. The standard InChI is InChI=1S/C41H47N7O8/c1-41(2,23-56-25-8-9-26-28(18-25)40(53)48(39(26)52)32-10-11-36(49)43-37(32)50)47-14-12-46(13-15-47)22-31-33(54-6)16-24(17-34(31)55-7)30-21-45(5)38(51)29-20-42-35(44(3)4)19-27(29)30/h8-9,16-21,32H,10-15,22-23H2,1-7H3,(H,43,49,50). The van der Waals surface area contributed by atoms with E-state index in [0.717, 1.165) is 59.0 Å². The van der Waals surface area contributed by atoms with E-state index >= 15 is 0 Å². The normalized spacial score (nSPS) is 18.0. The van der Waals surface area contributed by atoms with E-state index in [1.54, 1.807) is 50.2 Å². The van der Waals surface area contributed by atoms with Gasteiger partial charge in [0, 0.05) is 89.2 Å². The van der Waals surface area contributed by atoms with Gasteiger partial charge >= 0.3 is 0 Å². The number of rotatable bonds is 11. The van der Waals surface area contributed by atoms with E-state index in [4.69, 9.17) is 14.2 Å². The molecule has 0 saturated carbocycles. The quantitative estimate of drug-likeness (QED) is 0.223. The molecule has 56 heavy (non-hydrogen) atoms. The minimum atomic E-state index is -1.02. The van der Waals surface area contributed by atoms with E-state index < -0.39 is 29.7 Å². The lowest BCUT2D eigenvalue weighted by Gasteiger charge is -2.44. The van der Waals surface area contributed by atoms with Crippen LogP contribution in [0.25, 0.3) is 21.9 Å². The highest BCUT2D eigenvalue weighted by molar-refractivity contribution is 6.23. The number of aromatic nitrogens is 2. The number of hydrogen-bond acceptors (Lipinski definition) is 12. The lowest BCUT2D eigenvalue weighted by Crippen LogP contribution is -2.56. The third-order valence-electron chi connectivity index (χ3n) is 11.0. The first-order valence-electron chi connectivity index (χ1n) is 18.6. The molecule has 1 atom stereocenters. The van der Waals surface area contributed by atoms with Crippen LogP contribution in [0.5, 0.6) is 17.2 Å². The number of benzene rings is 2. The number of imide groups is 2. The number of pyridine rings is 2. The molecule has 1 unspecified atom stereocenters. The van der Waals surface area contributed by atoms with Gasteiger partial charge in [0.25, 0.3) is 17.4 Å². The highest BCUT2D eigenvalue weighted by Gasteiger charge is 2.45. The lowest BCUT2D eigenvalue weighted by atomic mass is 9.98. The van der Waals surface area contributed by atoms with Crippen molar-refractivity contribution in [2.24, 2.45) is 7.05 Å². The number of fused-ring (bicyclic) bond motifs is 2. The van der Waals surface area contributed by atoms with E-state index in [1.807, 2.05) is 43.4 Å². The van der Waals surface area contributed by atoms with Gasteiger partial charge in [0.2, 0.25) is 11.8 Å². The summed E-state index contributed by atoms with van der Waals surface area (Å²) in [4.78, 5) is 75.6. The summed E-state index contributed by atoms with van der Waals surface area (Å²) in [5.74, 6) is 0.390. The van der Waals surface area contributed by atoms with Crippen LogP contribution in [-0.4, -0.2) is 121 Å². The van der Waals surface area contributed by atoms with Crippen LogP contribution in [0.15, 0.2) is 53.6 Å². The number of piperidine rings is 1. The van der Waals surface area contributed by atoms with Crippen LogP contribution in [0, 0.1) is 0 Å². The fourth-order valence-corrected chi connectivity index (χ4v) is 7.75. The SMILES string of the molecule is COc1cc(-c2cn(C)c(=O)c3cnc(N(C)C)cc23)cc(OC)c1CN1CCN(C(C)(C)COc2ccc3c(c2)C(=O)N(C2CCC(=O)NC2=O)C3=O)CC1. The summed E-state index contributed by atoms with van der Waals surface area (Å²) in [5.41, 5.74) is 2.56. The second kappa shape index (κ2) is 15.0. The highest BCUT2D eigenvalue weighted by Crippen LogP contribution is 2.39. The van der Waals surface area contributed by atoms with E-state index in [1.165, 1.54) is 0 Å². The second-order valence-electron chi connectivity index (χ2n) is 15.3. The van der Waals surface area contributed by atoms with Gasteiger partial charge < -0.3 is 23.7 Å². The number of aryl methyl sites for hydroxylation is 1. The molecule has 1 N–H and O–H groups in total. The zero-order valence-electron chi connectivity index (χ0n) is 32.8. The fourth-order valence-electron chi connectivity index (χ4n) is 7.75. The maximum atomic E-state index is 13.3. The molecule has 0 bridgehead atoms. The molecule has 3 aliphatic heterocycles. The number of amides is 4. The molecule has 15 heteroatoms. The molecule has 2 saturated heterocycles. The van der Waals surface area contributed by atoms with Crippen LogP contribution in [0.3, 0.4) is 0 Å². The van der Waals surface area contributed by atoms with Crippen molar-refractivity contribution >= 4 is 40.2 Å². The van der Waals surface area contributed by atoms with Crippen LogP contribution >= 0.6 is 0 Å². The Kier molecular flexibility index (Phi) is 10.3. The Bertz CT molecular complexity index is 2290. The van der Waals surface area contributed by atoms with Crippen LogP contribution in [0.1, 0.15) is 53.0 Å². The molecule has 3 aliphatic rings. The van der Waals surface area contributed by atoms with Gasteiger partial charge in [-0.15, -0.1) is 0 Å². The maximum absolute atomic E-state index is 13.3. The van der Waals surface area contributed by atoms with Crippen molar-refractivity contribution in [3.63, 3.8) is 0 Å². The van der Waals surface area contributed by atoms with Crippen molar-refractivity contribution in [2.75, 3.05) is 66.0 Å². The summed E-state index contributed by atoms with van der Waals surface area (Å²) in [5, 5.41) is 3.54. The molecule has 294 valence electrons. The molecule has 0 aliphatic carbocycles. The number of nitrogens with one attached hydrogen (secondary N) is 1. The van der Waals surface area contributed by atoms with Crippen LogP contribution in [-0.2, 0) is 23.2 Å². The summed E-state index contributed by atoms with van der Waals surface area (Å²) in [6, 6.07) is 9.68. The zero-order valence-corrected chi connectivity index (χ0v) is 32.8. The van der Waals surface area contributed by atoms with Gasteiger partial charge in [-0.3, -0.25) is 44.0 Å². The van der Waals surface area contributed by atoms with Gasteiger partial charge in [-0.2, -0.15) is 0 Å². The number of nitrogens with zero attached hydrogens (tertiary/aromatic N) is 6. The molecule has 4 amide bonds. The predicted octanol–water partition coefficient (Wildman–Crippen LogP) is 3.06. The van der Waals surface area contributed by atoms with E-state index in [2.05, 4.69) is 33.9 Å². The van der Waals surface area contributed by atoms with Crippen LogP contribution in [0.4, 0.5) is 5.82 Å². The molecule has 0 spiro atoms. The van der Waals surface area contributed by atoms with Gasteiger partial charge in [0.15, 0.2) is 0 Å². The van der Waals surface area contributed by atoms with Gasteiger partial charge in [-0.25, -0.2) is 4.98 Å². The number of ether oxygens (including phenoxy) is 3. The smallest absolute Gasteiger partial charge is 0.262 e. The molecule has 2 fully saturated rings. The Morgan fingerprint density at radius 1 is 0.875 bits per heavy atom. The van der Waals surface area contributed by atoms with Gasteiger partial charge in [-0.1, -0.05) is 0 Å². The molecular formula is C41H47N7O8. The molecule has 5 heterocycles. The number of methoxy groups -OCH3 is 2. The number of piperazine rings is 1. The highest BCUT2D eigenvalue weighted by atomic mass is 16.5. The average Bonchev–Trinajstić information content (AvgIpc) is 3.43. The Balaban J connectivity index is 1.02. The summed E-state index contributed by atoms with van der Waals surface area (Å²) in [6.45, 7) is 8.30. The van der Waals surface area contributed by atoms with Gasteiger partial charge in [0.1, 0.15) is 35.7 Å². The van der Waals surface area contributed by atoms with Crippen molar-refractivity contribution in [1.82, 2.24) is 29.6 Å². The monoisotopic (exact) mass is 765 g/mol. The summed E-state index contributed by atoms with van der Waals surface area (Å²) in [7, 11) is 8.87. The predicted molar refractivity (Wildman–Crippen MR) is 209 cm³/mol. The first-order chi connectivity index (χ1) is 26.7. The molecule has 7 rings (SSSR count). The van der Waals surface area contributed by atoms with Gasteiger partial charge in [-0.05, 0) is 62.2 Å². The molecular weight excluding hydrogens is 718 g/mol. The Labute approximate surface area is 324 Å². The van der Waals surface area contributed by atoms with E-state index in [9.17, 15) is 24.0 Å². The average molecular weight is 766 g/mol. The Hall–Kier alpha value is -5.80. The minimum absolute atomic E-state index is 0.0606. The minimum Gasteiger partial charge on any atom is -0.496 e. The molecule has 2 aromatic carbocycles. The largest absolute Gasteiger partial charge is 0.496 e. The van der Waals surface area contributed by atoms with Crippen molar-refractivity contribution in [3.05, 3.63) is 75.8 Å². The summed E-state index contributed by atoms with van der Waals surface area (Å²) < 4.78 is 19.7. The molecule has 4 aromatic rings. The molecule has 2 aromatic heterocycles. The van der Waals surface area contributed by atoms with E-state index in [0.29, 0.717) is 35.8 Å². The van der Waals surface area contributed by atoms with E-state index in [-0.39, 0.29) is 35.1 Å². The van der Waals surface area contributed by atoms with Crippen molar-refractivity contribution in [2.45, 2.75) is 44.8 Å². The van der Waals surface area contributed by atoms with Crippen molar-refractivity contribution < 1.29 is 33.4 Å². The Morgan fingerprint density at radius 3 is 2.20 bits per heavy atom. The maximum Gasteiger partial charge on any atom is 0.262 e. The third kappa shape index (κ3) is 7.07. The first kappa shape index (κ1) is 38.5. The number of anilines is 1. The number of carbonyl (C=O) groups excluding carboxylic acids is 4. The summed E-state index contributed by atoms with van der Waals surface area (Å²) >= 11 is 0. The topological polar surface area (TPSA) is 156 Å². The number of hydrogen-bond donors (Lipinski definition) is 1. The third-order valence-corrected chi connectivity index (χ3v) is 11.0. The molecule has 15 nitrogen and oxygen atoms in total. The molecule has 0 radical (unpaired) electrons. The van der Waals surface area contributed by atoms with Crippen molar-refractivity contribution in [1.29, 1.82) is 0 Å². The second-order valence-corrected chi connectivity index (χ2v) is 15.3. The lowest BCUT2D eigenvalue weighted by molar-refractivity contribution is -0.136.